The van der Waals surface area contributed by atoms with E-state index in [1.54, 1.807) is 0 Å². The Morgan fingerprint density at radius 2 is 2.11 bits per heavy atom. The molecule has 0 saturated carbocycles. The summed E-state index contributed by atoms with van der Waals surface area (Å²) in [5.41, 5.74) is -2.33. The Morgan fingerprint density at radius 1 is 1.47 bits per heavy atom. The summed E-state index contributed by atoms with van der Waals surface area (Å²) in [5, 5.41) is 28.8. The molecule has 0 spiro atoms. The summed E-state index contributed by atoms with van der Waals surface area (Å²) in [6, 6.07) is 3.64. The van der Waals surface area contributed by atoms with Gasteiger partial charge in [-0.05, 0) is 13.0 Å². The van der Waals surface area contributed by atoms with Crippen molar-refractivity contribution in [3.8, 4) is 11.5 Å². The van der Waals surface area contributed by atoms with E-state index in [9.17, 15) is 20.0 Å². The van der Waals surface area contributed by atoms with Crippen molar-refractivity contribution in [2.75, 3.05) is 13.7 Å². The Hall–Kier alpha value is -2.35. The number of aliphatic carboxylic acids is 1. The number of hydrogen-bond acceptors (Lipinski definition) is 6. The number of nitrogens with zero attached hydrogens (tertiary/aromatic N) is 1. The number of rotatable bonds is 6. The van der Waals surface area contributed by atoms with Gasteiger partial charge in [-0.25, -0.2) is 4.79 Å². The maximum absolute atomic E-state index is 10.7. The second-order valence-corrected chi connectivity index (χ2v) is 3.96. The number of carboxylic acid groups (broad SMARTS) is 1. The van der Waals surface area contributed by atoms with Crippen LogP contribution in [-0.2, 0) is 4.79 Å². The van der Waals surface area contributed by atoms with Crippen LogP contribution < -0.4 is 9.47 Å². The SMILES string of the molecule is COc1ccc([N+](=O)[O-])cc1OCC(C)(O)C(=O)O. The maximum atomic E-state index is 10.7. The minimum Gasteiger partial charge on any atom is -0.493 e. The number of hydrogen-bond donors (Lipinski definition) is 2. The predicted octanol–water partition coefficient (Wildman–Crippen LogP) is 0.818. The third kappa shape index (κ3) is 3.55. The molecular formula is C11H13NO7. The van der Waals surface area contributed by atoms with Gasteiger partial charge in [-0.3, -0.25) is 10.1 Å². The fraction of sp³-hybridized carbons (Fsp3) is 0.364. The summed E-state index contributed by atoms with van der Waals surface area (Å²) in [5.74, 6) is -1.28. The lowest BCUT2D eigenvalue weighted by atomic mass is 10.1. The molecule has 0 radical (unpaired) electrons. The van der Waals surface area contributed by atoms with Gasteiger partial charge in [0.15, 0.2) is 17.1 Å². The molecule has 0 heterocycles. The Morgan fingerprint density at radius 3 is 2.58 bits per heavy atom. The summed E-state index contributed by atoms with van der Waals surface area (Å²) >= 11 is 0. The van der Waals surface area contributed by atoms with Crippen molar-refractivity contribution in [2.24, 2.45) is 0 Å². The Labute approximate surface area is 108 Å². The molecule has 0 aromatic heterocycles. The van der Waals surface area contributed by atoms with E-state index in [1.807, 2.05) is 0 Å². The molecule has 0 aliphatic carbocycles. The molecule has 104 valence electrons. The topological polar surface area (TPSA) is 119 Å². The van der Waals surface area contributed by atoms with Gasteiger partial charge in [0.25, 0.3) is 5.69 Å². The zero-order valence-corrected chi connectivity index (χ0v) is 10.3. The van der Waals surface area contributed by atoms with Gasteiger partial charge in [0.1, 0.15) is 6.61 Å². The van der Waals surface area contributed by atoms with Crippen molar-refractivity contribution in [3.63, 3.8) is 0 Å². The molecule has 0 aliphatic heterocycles. The van der Waals surface area contributed by atoms with Gasteiger partial charge >= 0.3 is 5.97 Å². The van der Waals surface area contributed by atoms with E-state index >= 15 is 0 Å². The highest BCUT2D eigenvalue weighted by Gasteiger charge is 2.31. The minimum absolute atomic E-state index is 0.0155. The minimum atomic E-state index is -2.10. The van der Waals surface area contributed by atoms with Crippen molar-refractivity contribution in [3.05, 3.63) is 28.3 Å². The molecule has 0 bridgehead atoms. The number of nitro groups is 1. The molecule has 1 aromatic carbocycles. The summed E-state index contributed by atoms with van der Waals surface area (Å²) in [4.78, 5) is 20.7. The van der Waals surface area contributed by atoms with E-state index in [0.717, 1.165) is 13.0 Å². The van der Waals surface area contributed by atoms with E-state index in [1.165, 1.54) is 19.2 Å². The van der Waals surface area contributed by atoms with Gasteiger partial charge in [0.2, 0.25) is 0 Å². The van der Waals surface area contributed by atoms with Gasteiger partial charge in [-0.15, -0.1) is 0 Å². The third-order valence-corrected chi connectivity index (χ3v) is 2.33. The van der Waals surface area contributed by atoms with Crippen molar-refractivity contribution in [2.45, 2.75) is 12.5 Å². The molecule has 1 rings (SSSR count). The molecule has 19 heavy (non-hydrogen) atoms. The molecular weight excluding hydrogens is 258 g/mol. The van der Waals surface area contributed by atoms with Crippen LogP contribution in [0.2, 0.25) is 0 Å². The molecule has 0 saturated heterocycles. The van der Waals surface area contributed by atoms with E-state index in [0.29, 0.717) is 0 Å². The molecule has 1 unspecified atom stereocenters. The largest absolute Gasteiger partial charge is 0.493 e. The summed E-state index contributed by atoms with van der Waals surface area (Å²) in [6.45, 7) is 0.485. The molecule has 0 amide bonds. The molecule has 1 atom stereocenters. The number of carboxylic acids is 1. The second-order valence-electron chi connectivity index (χ2n) is 3.96. The lowest BCUT2D eigenvalue weighted by Gasteiger charge is -2.19. The predicted molar refractivity (Wildman–Crippen MR) is 63.4 cm³/mol. The average Bonchev–Trinajstić information content (AvgIpc) is 2.35. The zero-order valence-electron chi connectivity index (χ0n) is 10.3. The first kappa shape index (κ1) is 14.7. The van der Waals surface area contributed by atoms with Gasteiger partial charge in [-0.1, -0.05) is 0 Å². The van der Waals surface area contributed by atoms with Crippen LogP contribution in [0.1, 0.15) is 6.92 Å². The monoisotopic (exact) mass is 271 g/mol. The fourth-order valence-corrected chi connectivity index (χ4v) is 1.17. The Bertz CT molecular complexity index is 498. The second kappa shape index (κ2) is 5.53. The van der Waals surface area contributed by atoms with Crippen LogP contribution >= 0.6 is 0 Å². The first-order chi connectivity index (χ1) is 8.77. The fourth-order valence-electron chi connectivity index (χ4n) is 1.17. The quantitative estimate of drug-likeness (QED) is 0.580. The standard InChI is InChI=1S/C11H13NO7/c1-11(15,10(13)14)6-19-9-5-7(12(16)17)3-4-8(9)18-2/h3-5,15H,6H2,1-2H3,(H,13,14). The highest BCUT2D eigenvalue weighted by atomic mass is 16.6. The van der Waals surface area contributed by atoms with E-state index < -0.39 is 23.1 Å². The highest BCUT2D eigenvalue weighted by Crippen LogP contribution is 2.31. The van der Waals surface area contributed by atoms with Crippen LogP contribution in [0.25, 0.3) is 0 Å². The zero-order chi connectivity index (χ0) is 14.6. The lowest BCUT2D eigenvalue weighted by molar-refractivity contribution is -0.385. The van der Waals surface area contributed by atoms with Gasteiger partial charge < -0.3 is 19.7 Å². The molecule has 8 heteroatoms. The highest BCUT2D eigenvalue weighted by molar-refractivity contribution is 5.76. The lowest BCUT2D eigenvalue weighted by Crippen LogP contribution is -2.41. The number of methoxy groups -OCH3 is 1. The van der Waals surface area contributed by atoms with Crippen LogP contribution in [0, 0.1) is 10.1 Å². The number of carbonyl (C=O) groups is 1. The van der Waals surface area contributed by atoms with Crippen molar-refractivity contribution in [1.29, 1.82) is 0 Å². The van der Waals surface area contributed by atoms with Crippen LogP contribution in [-0.4, -0.2) is 40.4 Å². The third-order valence-electron chi connectivity index (χ3n) is 2.33. The number of aliphatic hydroxyl groups is 1. The number of nitro benzene ring substituents is 1. The maximum Gasteiger partial charge on any atom is 0.339 e. The molecule has 8 nitrogen and oxygen atoms in total. The number of benzene rings is 1. The molecule has 2 N–H and O–H groups in total. The average molecular weight is 271 g/mol. The molecule has 1 aromatic rings. The van der Waals surface area contributed by atoms with Crippen LogP contribution in [0.3, 0.4) is 0 Å². The smallest absolute Gasteiger partial charge is 0.339 e. The summed E-state index contributed by atoms with van der Waals surface area (Å²) < 4.78 is 10.0. The van der Waals surface area contributed by atoms with Crippen LogP contribution in [0.15, 0.2) is 18.2 Å². The van der Waals surface area contributed by atoms with Crippen molar-refractivity contribution < 1.29 is 29.4 Å². The number of ether oxygens (including phenoxy) is 2. The summed E-state index contributed by atoms with van der Waals surface area (Å²) in [6.07, 6.45) is 0. The van der Waals surface area contributed by atoms with Crippen LogP contribution in [0.5, 0.6) is 11.5 Å². The molecule has 0 aliphatic rings. The Kier molecular flexibility index (Phi) is 4.28. The van der Waals surface area contributed by atoms with Crippen LogP contribution in [0.4, 0.5) is 5.69 Å². The van der Waals surface area contributed by atoms with E-state index in [4.69, 9.17) is 14.6 Å². The first-order valence-corrected chi connectivity index (χ1v) is 5.19. The van der Waals surface area contributed by atoms with Gasteiger partial charge in [0.05, 0.1) is 18.1 Å². The molecule has 0 fully saturated rings. The Balaban J connectivity index is 2.96. The number of non-ortho nitro benzene ring substituents is 1. The van der Waals surface area contributed by atoms with Crippen molar-refractivity contribution >= 4 is 11.7 Å². The normalized spacial score (nSPS) is 13.4. The van der Waals surface area contributed by atoms with E-state index in [2.05, 4.69) is 0 Å². The van der Waals surface area contributed by atoms with Gasteiger partial charge in [0, 0.05) is 6.07 Å². The van der Waals surface area contributed by atoms with Gasteiger partial charge in [-0.2, -0.15) is 0 Å². The first-order valence-electron chi connectivity index (χ1n) is 5.19. The van der Waals surface area contributed by atoms with Crippen molar-refractivity contribution in [1.82, 2.24) is 0 Å². The van der Waals surface area contributed by atoms with E-state index in [-0.39, 0.29) is 17.2 Å². The summed E-state index contributed by atoms with van der Waals surface area (Å²) in [7, 11) is 1.34.